The van der Waals surface area contributed by atoms with Gasteiger partial charge in [0.1, 0.15) is 5.75 Å². The standard InChI is InChI=1S/C22H22N2O5/c1-15(25)20(12-17-6-4-3-5-7-17)24-21(26)14-28-22(27)16(2)29-19-10-8-18(13-23)9-11-19/h3-11,16,20H,12,14H2,1-2H3,(H,24,26)/t16-,20-/m1/s1. The van der Waals surface area contributed by atoms with Gasteiger partial charge in [0.25, 0.3) is 5.91 Å². The molecule has 2 aromatic carbocycles. The predicted octanol–water partition coefficient (Wildman–Crippen LogP) is 2.19. The van der Waals surface area contributed by atoms with Gasteiger partial charge < -0.3 is 14.8 Å². The number of Topliss-reactive ketones (excluding diaryl/α,β-unsaturated/α-hetero) is 1. The second-order valence-electron chi connectivity index (χ2n) is 6.42. The van der Waals surface area contributed by atoms with E-state index in [1.165, 1.54) is 13.8 Å². The molecule has 2 rings (SSSR count). The molecule has 150 valence electrons. The van der Waals surface area contributed by atoms with Crippen molar-refractivity contribution in [3.63, 3.8) is 0 Å². The maximum atomic E-state index is 12.1. The summed E-state index contributed by atoms with van der Waals surface area (Å²) in [5.41, 5.74) is 1.38. The smallest absolute Gasteiger partial charge is 0.347 e. The van der Waals surface area contributed by atoms with Crippen LogP contribution in [0.3, 0.4) is 0 Å². The van der Waals surface area contributed by atoms with Crippen molar-refractivity contribution in [1.29, 1.82) is 5.26 Å². The molecule has 7 heteroatoms. The molecular weight excluding hydrogens is 372 g/mol. The maximum Gasteiger partial charge on any atom is 0.347 e. The normalized spacial score (nSPS) is 12.2. The van der Waals surface area contributed by atoms with E-state index in [0.717, 1.165) is 5.56 Å². The highest BCUT2D eigenvalue weighted by Gasteiger charge is 2.21. The van der Waals surface area contributed by atoms with Crippen LogP contribution in [0.2, 0.25) is 0 Å². The first kappa shape index (κ1) is 21.6. The lowest BCUT2D eigenvalue weighted by atomic mass is 10.0. The summed E-state index contributed by atoms with van der Waals surface area (Å²) in [6.45, 7) is 2.37. The molecule has 0 heterocycles. The Bertz CT molecular complexity index is 888. The molecule has 0 aromatic heterocycles. The molecule has 29 heavy (non-hydrogen) atoms. The molecule has 2 atom stereocenters. The van der Waals surface area contributed by atoms with Crippen LogP contribution in [-0.2, 0) is 25.5 Å². The molecule has 0 saturated heterocycles. The number of esters is 1. The van der Waals surface area contributed by atoms with Gasteiger partial charge in [0, 0.05) is 0 Å². The van der Waals surface area contributed by atoms with Gasteiger partial charge in [0.2, 0.25) is 0 Å². The van der Waals surface area contributed by atoms with Gasteiger partial charge in [-0.15, -0.1) is 0 Å². The van der Waals surface area contributed by atoms with Gasteiger partial charge in [0.15, 0.2) is 18.5 Å². The van der Waals surface area contributed by atoms with E-state index in [1.54, 1.807) is 24.3 Å². The number of ether oxygens (including phenoxy) is 2. The van der Waals surface area contributed by atoms with Crippen LogP contribution in [0, 0.1) is 11.3 Å². The lowest BCUT2D eigenvalue weighted by Gasteiger charge is -2.17. The van der Waals surface area contributed by atoms with Gasteiger partial charge in [-0.3, -0.25) is 9.59 Å². The number of nitriles is 1. The molecule has 0 bridgehead atoms. The number of nitrogens with zero attached hydrogens (tertiary/aromatic N) is 1. The second kappa shape index (κ2) is 10.6. The lowest BCUT2D eigenvalue weighted by molar-refractivity contribution is -0.155. The Morgan fingerprint density at radius 2 is 1.72 bits per heavy atom. The van der Waals surface area contributed by atoms with E-state index < -0.39 is 30.6 Å². The third-order valence-electron chi connectivity index (χ3n) is 4.08. The molecule has 0 aliphatic carbocycles. The molecule has 0 spiro atoms. The van der Waals surface area contributed by atoms with E-state index >= 15 is 0 Å². The van der Waals surface area contributed by atoms with E-state index in [2.05, 4.69) is 5.32 Å². The molecule has 0 unspecified atom stereocenters. The molecule has 0 aliphatic rings. The van der Waals surface area contributed by atoms with Gasteiger partial charge in [-0.05, 0) is 50.1 Å². The number of amides is 1. The summed E-state index contributed by atoms with van der Waals surface area (Å²) < 4.78 is 10.4. The van der Waals surface area contributed by atoms with Gasteiger partial charge in [-0.2, -0.15) is 5.26 Å². The highest BCUT2D eigenvalue weighted by atomic mass is 16.6. The van der Waals surface area contributed by atoms with Crippen LogP contribution in [0.25, 0.3) is 0 Å². The number of rotatable bonds is 9. The zero-order valence-corrected chi connectivity index (χ0v) is 16.3. The number of carbonyl (C=O) groups is 3. The molecule has 1 N–H and O–H groups in total. The van der Waals surface area contributed by atoms with E-state index in [1.807, 2.05) is 36.4 Å². The van der Waals surface area contributed by atoms with Crippen molar-refractivity contribution in [2.45, 2.75) is 32.4 Å². The topological polar surface area (TPSA) is 105 Å². The van der Waals surface area contributed by atoms with E-state index in [0.29, 0.717) is 17.7 Å². The quantitative estimate of drug-likeness (QED) is 0.654. The van der Waals surface area contributed by atoms with Crippen molar-refractivity contribution < 1.29 is 23.9 Å². The van der Waals surface area contributed by atoms with E-state index in [-0.39, 0.29) is 5.78 Å². The first-order valence-corrected chi connectivity index (χ1v) is 9.06. The zero-order valence-electron chi connectivity index (χ0n) is 16.3. The zero-order chi connectivity index (χ0) is 21.2. The minimum atomic E-state index is -0.941. The first-order chi connectivity index (χ1) is 13.9. The van der Waals surface area contributed by atoms with Crippen LogP contribution in [0.1, 0.15) is 25.0 Å². The predicted molar refractivity (Wildman–Crippen MR) is 105 cm³/mol. The molecule has 2 aromatic rings. The average Bonchev–Trinajstić information content (AvgIpc) is 2.72. The van der Waals surface area contributed by atoms with Crippen LogP contribution >= 0.6 is 0 Å². The summed E-state index contributed by atoms with van der Waals surface area (Å²) >= 11 is 0. The molecular formula is C22H22N2O5. The first-order valence-electron chi connectivity index (χ1n) is 9.06. The van der Waals surface area contributed by atoms with Gasteiger partial charge in [-0.25, -0.2) is 4.79 Å². The second-order valence-corrected chi connectivity index (χ2v) is 6.42. The fourth-order valence-corrected chi connectivity index (χ4v) is 2.50. The highest BCUT2D eigenvalue weighted by Crippen LogP contribution is 2.14. The van der Waals surface area contributed by atoms with E-state index in [9.17, 15) is 14.4 Å². The minimum absolute atomic E-state index is 0.189. The van der Waals surface area contributed by atoms with Gasteiger partial charge in [0.05, 0.1) is 17.7 Å². The fourth-order valence-electron chi connectivity index (χ4n) is 2.50. The number of nitrogens with one attached hydrogen (secondary N) is 1. The Labute approximate surface area is 169 Å². The Hall–Kier alpha value is -3.66. The summed E-state index contributed by atoms with van der Waals surface area (Å²) in [6.07, 6.45) is -0.586. The average molecular weight is 394 g/mol. The summed E-state index contributed by atoms with van der Waals surface area (Å²) in [6, 6.07) is 16.9. The Balaban J connectivity index is 1.82. The van der Waals surface area contributed by atoms with Crippen LogP contribution in [-0.4, -0.2) is 36.4 Å². The van der Waals surface area contributed by atoms with Crippen LogP contribution in [0.15, 0.2) is 54.6 Å². The Morgan fingerprint density at radius 1 is 1.07 bits per heavy atom. The number of carbonyl (C=O) groups excluding carboxylic acids is 3. The largest absolute Gasteiger partial charge is 0.479 e. The molecule has 0 aliphatic heterocycles. The number of hydrogen-bond donors (Lipinski definition) is 1. The third-order valence-corrected chi connectivity index (χ3v) is 4.08. The van der Waals surface area contributed by atoms with Crippen molar-refractivity contribution in [1.82, 2.24) is 5.32 Å². The number of hydrogen-bond acceptors (Lipinski definition) is 6. The van der Waals surface area contributed by atoms with E-state index in [4.69, 9.17) is 14.7 Å². The summed E-state index contributed by atoms with van der Waals surface area (Å²) in [5, 5.41) is 11.4. The van der Waals surface area contributed by atoms with Crippen LogP contribution in [0.5, 0.6) is 5.75 Å². The Morgan fingerprint density at radius 3 is 2.31 bits per heavy atom. The lowest BCUT2D eigenvalue weighted by Crippen LogP contribution is -2.43. The van der Waals surface area contributed by atoms with Gasteiger partial charge in [-0.1, -0.05) is 30.3 Å². The van der Waals surface area contributed by atoms with Gasteiger partial charge >= 0.3 is 5.97 Å². The number of ketones is 1. The SMILES string of the molecule is CC(=O)[C@@H](Cc1ccccc1)NC(=O)COC(=O)[C@@H](C)Oc1ccc(C#N)cc1. The van der Waals surface area contributed by atoms with Crippen LogP contribution < -0.4 is 10.1 Å². The van der Waals surface area contributed by atoms with Crippen molar-refractivity contribution in [3.05, 3.63) is 65.7 Å². The van der Waals surface area contributed by atoms with Crippen molar-refractivity contribution >= 4 is 17.7 Å². The summed E-state index contributed by atoms with van der Waals surface area (Å²) in [5.74, 6) is -1.07. The summed E-state index contributed by atoms with van der Waals surface area (Å²) in [7, 11) is 0. The van der Waals surface area contributed by atoms with Crippen molar-refractivity contribution in [2.24, 2.45) is 0 Å². The monoisotopic (exact) mass is 394 g/mol. The number of benzene rings is 2. The molecule has 0 radical (unpaired) electrons. The minimum Gasteiger partial charge on any atom is -0.479 e. The molecule has 0 saturated carbocycles. The Kier molecular flexibility index (Phi) is 7.92. The maximum absolute atomic E-state index is 12.1. The molecule has 1 amide bonds. The van der Waals surface area contributed by atoms with Crippen molar-refractivity contribution in [3.8, 4) is 11.8 Å². The third kappa shape index (κ3) is 7.11. The molecule has 0 fully saturated rings. The van der Waals surface area contributed by atoms with Crippen LogP contribution in [0.4, 0.5) is 0 Å². The molecule has 7 nitrogen and oxygen atoms in total. The fraction of sp³-hybridized carbons (Fsp3) is 0.273. The van der Waals surface area contributed by atoms with Crippen molar-refractivity contribution in [2.75, 3.05) is 6.61 Å². The summed E-state index contributed by atoms with van der Waals surface area (Å²) in [4.78, 5) is 35.9. The highest BCUT2D eigenvalue weighted by molar-refractivity contribution is 5.89.